The lowest BCUT2D eigenvalue weighted by Crippen LogP contribution is -2.39. The molecule has 10 rings (SSSR count). The lowest BCUT2D eigenvalue weighted by atomic mass is 9.96. The van der Waals surface area contributed by atoms with Gasteiger partial charge in [0.2, 0.25) is 0 Å². The average Bonchev–Trinajstić information content (AvgIpc) is 4.25. The van der Waals surface area contributed by atoms with Gasteiger partial charge in [0.05, 0.1) is 37.9 Å². The standard InChI is InChI=1S/C7H16N2O.2C7H15N.C6H13NO.2C6H13N.C5H11NO2S.C5H11NO.2C5H11N.C2H7N.CH5N.CH4O.CH4/c1-8-2-3-9-4-6-10-7-5-9;2*1-8-7-5-3-2-4-6-7;1-7-6-2-4-8-5-3-6;2*1-7-5-3-2-4-6-7;1-6-2-4-9(7,8)5-3-6;1-6-2-4-7-5-3-6;2*1-6-4-2-3-5-6;1-2-3;2*1-2;/h8H,2-7H2,1H3;2*7-8H,2-6H2,1H3;6-7H,2-5H2,1H3;2*2-6H2,1H3;2-5H2,1H3;2-5H2,1H3;2*2-5H2,1H3;2-3H2,1H3;2H2,1H3;2H,1H3;1H4. The molecule has 0 amide bonds. The Bertz CT molecular complexity index is 1210. The Kier molecular flexibility index (Phi) is 72.8. The second kappa shape index (κ2) is 68.2. The van der Waals surface area contributed by atoms with Crippen LogP contribution in [0.5, 0.6) is 0 Å². The lowest BCUT2D eigenvalue weighted by molar-refractivity contribution is 0.0386. The highest BCUT2D eigenvalue weighted by atomic mass is 32.2. The summed E-state index contributed by atoms with van der Waals surface area (Å²) in [7, 11) is 20.8. The molecular weight excluding hydrogens is 1080 g/mol. The summed E-state index contributed by atoms with van der Waals surface area (Å²) in [5, 5.41) is 20.0. The van der Waals surface area contributed by atoms with Crippen molar-refractivity contribution in [2.45, 2.75) is 174 Å². The normalized spacial score (nSPS) is 22.6. The summed E-state index contributed by atoms with van der Waals surface area (Å²) in [5.41, 5.74) is 9.35. The van der Waals surface area contributed by atoms with Crippen LogP contribution in [0.3, 0.4) is 0 Å². The van der Waals surface area contributed by atoms with Gasteiger partial charge in [-0.25, -0.2) is 8.42 Å². The maximum absolute atomic E-state index is 10.8. The number of nitrogens with zero attached hydrogens (tertiary/aromatic N) is 7. The number of hydrogen-bond acceptors (Lipinski definition) is 19. The Morgan fingerprint density at radius 3 is 0.869 bits per heavy atom. The highest BCUT2D eigenvalue weighted by molar-refractivity contribution is 7.91. The van der Waals surface area contributed by atoms with E-state index < -0.39 is 9.84 Å². The molecule has 512 valence electrons. The Morgan fingerprint density at radius 1 is 0.405 bits per heavy atom. The van der Waals surface area contributed by atoms with Gasteiger partial charge in [-0.15, -0.1) is 0 Å². The topological polar surface area (TPSA) is 205 Å². The van der Waals surface area contributed by atoms with Gasteiger partial charge in [-0.1, -0.05) is 65.7 Å². The van der Waals surface area contributed by atoms with E-state index in [-0.39, 0.29) is 7.43 Å². The molecule has 0 unspecified atom stereocenters. The highest BCUT2D eigenvalue weighted by Crippen LogP contribution is 2.17. The zero-order valence-corrected chi connectivity index (χ0v) is 58.0. The fourth-order valence-electron chi connectivity index (χ4n) is 10.2. The molecule has 2 saturated carbocycles. The van der Waals surface area contributed by atoms with Crippen molar-refractivity contribution in [1.29, 1.82) is 0 Å². The number of rotatable bonds is 6. The summed E-state index contributed by atoms with van der Waals surface area (Å²) < 4.78 is 37.0. The summed E-state index contributed by atoms with van der Waals surface area (Å²) in [6.07, 6.45) is 30.8. The number of aliphatic hydroxyl groups excluding tert-OH is 1. The van der Waals surface area contributed by atoms with Crippen LogP contribution in [0.4, 0.5) is 0 Å². The molecule has 20 heteroatoms. The third-order valence-corrected chi connectivity index (χ3v) is 17.7. The molecule has 8 aliphatic heterocycles. The zero-order valence-electron chi connectivity index (χ0n) is 57.1. The molecule has 0 aromatic heterocycles. The van der Waals surface area contributed by atoms with Crippen LogP contribution >= 0.6 is 0 Å². The lowest BCUT2D eigenvalue weighted by Gasteiger charge is -2.26. The van der Waals surface area contributed by atoms with Crippen molar-refractivity contribution in [3.8, 4) is 0 Å². The van der Waals surface area contributed by atoms with Crippen LogP contribution in [0.1, 0.15) is 156 Å². The third kappa shape index (κ3) is 62.9. The van der Waals surface area contributed by atoms with Gasteiger partial charge in [0.15, 0.2) is 9.84 Å². The van der Waals surface area contributed by atoms with Crippen molar-refractivity contribution in [3.63, 3.8) is 0 Å². The van der Waals surface area contributed by atoms with Crippen LogP contribution in [0, 0.1) is 0 Å². The first kappa shape index (κ1) is 89.7. The van der Waals surface area contributed by atoms with E-state index >= 15 is 0 Å². The third-order valence-electron chi connectivity index (χ3n) is 16.1. The van der Waals surface area contributed by atoms with Crippen LogP contribution in [0.25, 0.3) is 0 Å². The number of likely N-dealkylation sites (tertiary alicyclic amines) is 4. The van der Waals surface area contributed by atoms with E-state index in [4.69, 9.17) is 25.1 Å². The van der Waals surface area contributed by atoms with Crippen LogP contribution in [-0.2, 0) is 24.0 Å². The quantitative estimate of drug-likeness (QED) is 0.170. The molecule has 0 bridgehead atoms. The number of nitrogens with two attached hydrogens (primary N) is 2. The molecule has 84 heavy (non-hydrogen) atoms. The molecule has 0 spiro atoms. The van der Waals surface area contributed by atoms with Crippen molar-refractivity contribution in [1.82, 2.24) is 55.6 Å². The summed E-state index contributed by atoms with van der Waals surface area (Å²) >= 11 is 0. The van der Waals surface area contributed by atoms with E-state index in [1.165, 1.54) is 201 Å². The number of nitrogens with one attached hydrogen (secondary N) is 4. The van der Waals surface area contributed by atoms with Crippen molar-refractivity contribution < 1.29 is 27.7 Å². The molecule has 8 saturated heterocycles. The van der Waals surface area contributed by atoms with Gasteiger partial charge in [-0.2, -0.15) is 0 Å². The first-order valence-electron chi connectivity index (χ1n) is 33.4. The van der Waals surface area contributed by atoms with E-state index in [1.54, 1.807) is 0 Å². The number of aliphatic hydroxyl groups is 1. The molecule has 10 fully saturated rings. The van der Waals surface area contributed by atoms with Crippen LogP contribution in [0.15, 0.2) is 0 Å². The number of morpholine rings is 2. The van der Waals surface area contributed by atoms with Gasteiger partial charge in [0.1, 0.15) is 0 Å². The predicted molar refractivity (Wildman–Crippen MR) is 366 cm³/mol. The van der Waals surface area contributed by atoms with E-state index in [0.29, 0.717) is 30.6 Å². The first-order valence-corrected chi connectivity index (χ1v) is 35.2. The molecule has 0 aromatic carbocycles. The molecule has 9 N–H and O–H groups in total. The smallest absolute Gasteiger partial charge is 0.152 e. The fraction of sp³-hybridized carbons (Fsp3) is 1.00. The Labute approximate surface area is 523 Å². The molecular formula is C64H149N13O6S. The fourth-order valence-corrected chi connectivity index (χ4v) is 11.6. The molecule has 0 aromatic rings. The SMILES string of the molecule is C.CCN.CN.CN1CCCC1.CN1CCCC1.CN1CCCCC1.CN1CCCCC1.CN1CCOCC1.CN1CCS(=O)(=O)CC1.CNC1CCCCC1.CNC1CCCCC1.CNC1CCOCC1.CNCCN1CCOCC1.CO. The van der Waals surface area contributed by atoms with E-state index in [9.17, 15) is 8.42 Å². The minimum absolute atomic E-state index is 0. The van der Waals surface area contributed by atoms with E-state index in [0.717, 1.165) is 105 Å². The van der Waals surface area contributed by atoms with Crippen molar-refractivity contribution in [2.75, 3.05) is 247 Å². The van der Waals surface area contributed by atoms with Gasteiger partial charge in [0.25, 0.3) is 0 Å². The van der Waals surface area contributed by atoms with Crippen LogP contribution < -0.4 is 32.7 Å². The van der Waals surface area contributed by atoms with Crippen molar-refractivity contribution in [3.05, 3.63) is 0 Å². The first-order chi connectivity index (χ1) is 40.2. The van der Waals surface area contributed by atoms with Gasteiger partial charge in [-0.3, -0.25) is 4.90 Å². The minimum Gasteiger partial charge on any atom is -0.400 e. The molecule has 10 aliphatic rings. The van der Waals surface area contributed by atoms with Crippen LogP contribution in [0.2, 0.25) is 0 Å². The number of sulfone groups is 1. The molecule has 19 nitrogen and oxygen atoms in total. The molecule has 8 heterocycles. The van der Waals surface area contributed by atoms with Gasteiger partial charge >= 0.3 is 0 Å². The summed E-state index contributed by atoms with van der Waals surface area (Å²) in [6, 6.07) is 2.39. The van der Waals surface area contributed by atoms with E-state index in [2.05, 4.69) is 106 Å². The number of likely N-dealkylation sites (N-methyl/N-ethyl adjacent to an activating group) is 2. The molecule has 0 radical (unpaired) electrons. The summed E-state index contributed by atoms with van der Waals surface area (Å²) in [6.45, 7) is 26.7. The second-order valence-electron chi connectivity index (χ2n) is 23.5. The highest BCUT2D eigenvalue weighted by Gasteiger charge is 2.18. The maximum atomic E-state index is 10.8. The average molecular weight is 1230 g/mol. The monoisotopic (exact) mass is 1230 g/mol. The second-order valence-corrected chi connectivity index (χ2v) is 25.8. The van der Waals surface area contributed by atoms with Crippen molar-refractivity contribution in [2.24, 2.45) is 11.5 Å². The van der Waals surface area contributed by atoms with E-state index in [1.807, 2.05) is 33.0 Å². The summed E-state index contributed by atoms with van der Waals surface area (Å²) in [4.78, 5) is 16.2. The maximum Gasteiger partial charge on any atom is 0.152 e. The Hall–Kier alpha value is -0.730. The number of hydrogen-bond donors (Lipinski definition) is 7. The predicted octanol–water partition coefficient (Wildman–Crippen LogP) is 5.71. The van der Waals surface area contributed by atoms with Crippen LogP contribution in [-0.4, -0.2) is 313 Å². The Morgan fingerprint density at radius 2 is 0.655 bits per heavy atom. The zero-order chi connectivity index (χ0) is 62.5. The minimum atomic E-state index is -2.66. The van der Waals surface area contributed by atoms with Gasteiger partial charge in [-0.05, 0) is 226 Å². The number of piperidine rings is 2. The molecule has 0 atom stereocenters. The Balaban J connectivity index is -0.000000419. The number of ether oxygens (including phenoxy) is 3. The summed E-state index contributed by atoms with van der Waals surface area (Å²) in [5.74, 6) is 0.674. The van der Waals surface area contributed by atoms with Gasteiger partial charge < -0.3 is 81.5 Å². The largest absolute Gasteiger partial charge is 0.400 e. The van der Waals surface area contributed by atoms with Gasteiger partial charge in [0, 0.05) is 90.8 Å². The van der Waals surface area contributed by atoms with Crippen molar-refractivity contribution >= 4 is 9.84 Å². The molecule has 2 aliphatic carbocycles.